The van der Waals surface area contributed by atoms with Gasteiger partial charge in [-0.3, -0.25) is 9.69 Å². The minimum Gasteiger partial charge on any atom is -0.347 e. The zero-order valence-electron chi connectivity index (χ0n) is 17.6. The van der Waals surface area contributed by atoms with Crippen LogP contribution in [0.1, 0.15) is 59.8 Å². The summed E-state index contributed by atoms with van der Waals surface area (Å²) in [6.45, 7) is 4.69. The lowest BCUT2D eigenvalue weighted by molar-refractivity contribution is -0.122. The van der Waals surface area contributed by atoms with E-state index >= 15 is 0 Å². The third kappa shape index (κ3) is 3.87. The number of benzene rings is 3. The number of hydrogen-bond acceptors (Lipinski definition) is 2. The number of ether oxygens (including phenoxy) is 1. The summed E-state index contributed by atoms with van der Waals surface area (Å²) < 4.78 is 6.67. The molecule has 1 unspecified atom stereocenters. The van der Waals surface area contributed by atoms with Gasteiger partial charge in [-0.05, 0) is 49.2 Å². The quantitative estimate of drug-likeness (QED) is 0.353. The van der Waals surface area contributed by atoms with Crippen molar-refractivity contribution in [2.45, 2.75) is 38.5 Å². The van der Waals surface area contributed by atoms with Crippen LogP contribution in [0.25, 0.3) is 0 Å². The third-order valence-corrected chi connectivity index (χ3v) is 6.37. The fourth-order valence-electron chi connectivity index (χ4n) is 4.27. The van der Waals surface area contributed by atoms with Crippen molar-refractivity contribution in [2.24, 2.45) is 0 Å². The summed E-state index contributed by atoms with van der Waals surface area (Å²) >= 11 is 12.3. The van der Waals surface area contributed by atoms with Crippen LogP contribution >= 0.6 is 23.2 Å². The molecule has 0 aromatic heterocycles. The average Bonchev–Trinajstić information content (AvgIpc) is 3.04. The van der Waals surface area contributed by atoms with Crippen molar-refractivity contribution in [3.05, 3.63) is 105 Å². The van der Waals surface area contributed by atoms with Gasteiger partial charge in [0, 0.05) is 26.7 Å². The molecule has 0 bridgehead atoms. The fourth-order valence-corrected chi connectivity index (χ4v) is 4.52. The first-order valence-corrected chi connectivity index (χ1v) is 11.3. The summed E-state index contributed by atoms with van der Waals surface area (Å²) in [5, 5.41) is 1.30. The maximum absolute atomic E-state index is 13.8. The van der Waals surface area contributed by atoms with Gasteiger partial charge >= 0.3 is 0 Å². The van der Waals surface area contributed by atoms with Crippen LogP contribution in [0.3, 0.4) is 0 Å². The van der Waals surface area contributed by atoms with Crippen molar-refractivity contribution in [2.75, 3.05) is 6.61 Å². The summed E-state index contributed by atoms with van der Waals surface area (Å²) in [5.41, 5.74) is 2.36. The van der Waals surface area contributed by atoms with Crippen LogP contribution in [0.15, 0.2) is 72.8 Å². The van der Waals surface area contributed by atoms with Crippen LogP contribution < -0.4 is 0 Å². The number of unbranched alkanes of at least 4 members (excludes halogenated alkanes) is 1. The molecule has 0 saturated carbocycles. The Kier molecular flexibility index (Phi) is 6.38. The molecule has 5 heteroatoms. The highest BCUT2D eigenvalue weighted by Crippen LogP contribution is 2.49. The molecule has 2 atom stereocenters. The molecule has 31 heavy (non-hydrogen) atoms. The molecule has 3 aromatic carbocycles. The predicted octanol–water partition coefficient (Wildman–Crippen LogP) is 7.23. The highest BCUT2D eigenvalue weighted by Gasteiger charge is 2.54. The van der Waals surface area contributed by atoms with Crippen LogP contribution in [0, 0.1) is 0 Å². The minimum atomic E-state index is -1.04. The van der Waals surface area contributed by atoms with E-state index in [0.717, 1.165) is 29.5 Å². The molecule has 1 aliphatic heterocycles. The summed E-state index contributed by atoms with van der Waals surface area (Å²) in [4.78, 5) is 15.6. The average molecular weight is 454 g/mol. The maximum atomic E-state index is 13.8. The third-order valence-electron chi connectivity index (χ3n) is 5.86. The SMILES string of the molecule is CCCCOC1(c2ccc(Cl)cc2)c2ccccc2C(=O)N1[C@H](C)c1ccc(Cl)cc1. The van der Waals surface area contributed by atoms with E-state index in [-0.39, 0.29) is 11.9 Å². The lowest BCUT2D eigenvalue weighted by Crippen LogP contribution is -2.48. The first kappa shape index (κ1) is 21.9. The Morgan fingerprint density at radius 2 is 1.55 bits per heavy atom. The Labute approximate surface area is 193 Å². The molecule has 4 rings (SSSR count). The molecule has 3 aromatic rings. The smallest absolute Gasteiger partial charge is 0.257 e. The van der Waals surface area contributed by atoms with E-state index in [1.54, 1.807) is 0 Å². The largest absolute Gasteiger partial charge is 0.347 e. The van der Waals surface area contributed by atoms with Crippen molar-refractivity contribution in [3.63, 3.8) is 0 Å². The van der Waals surface area contributed by atoms with E-state index in [1.807, 2.05) is 84.6 Å². The zero-order chi connectivity index (χ0) is 22.0. The number of carbonyl (C=O) groups excluding carboxylic acids is 1. The lowest BCUT2D eigenvalue weighted by atomic mass is 9.92. The molecule has 1 amide bonds. The van der Waals surface area contributed by atoms with Gasteiger partial charge in [0.05, 0.1) is 12.6 Å². The van der Waals surface area contributed by atoms with Gasteiger partial charge in [-0.1, -0.05) is 79.0 Å². The molecule has 1 heterocycles. The molecule has 0 saturated heterocycles. The van der Waals surface area contributed by atoms with Gasteiger partial charge in [0.1, 0.15) is 0 Å². The number of nitrogens with zero attached hydrogens (tertiary/aromatic N) is 1. The summed E-state index contributed by atoms with van der Waals surface area (Å²) in [6.07, 6.45) is 1.90. The van der Waals surface area contributed by atoms with E-state index in [0.29, 0.717) is 22.2 Å². The normalized spacial score (nSPS) is 18.8. The standard InChI is InChI=1S/C26H25Cl2NO2/c1-3-4-17-31-26(20-11-15-22(28)16-12-20)24-8-6-5-7-23(24)25(30)29(26)18(2)19-9-13-21(27)14-10-19/h5-16,18H,3-4,17H2,1-2H3/t18-,26?/m1/s1. The van der Waals surface area contributed by atoms with Gasteiger partial charge in [-0.25, -0.2) is 0 Å². The fraction of sp³-hybridized carbons (Fsp3) is 0.269. The van der Waals surface area contributed by atoms with Crippen molar-refractivity contribution >= 4 is 29.1 Å². The Morgan fingerprint density at radius 1 is 0.935 bits per heavy atom. The second-order valence-corrected chi connectivity index (χ2v) is 8.67. The van der Waals surface area contributed by atoms with E-state index in [1.165, 1.54) is 0 Å². The maximum Gasteiger partial charge on any atom is 0.257 e. The van der Waals surface area contributed by atoms with Crippen LogP contribution in [0.4, 0.5) is 0 Å². The first-order valence-electron chi connectivity index (χ1n) is 10.6. The molecule has 0 N–H and O–H groups in total. The van der Waals surface area contributed by atoms with Crippen molar-refractivity contribution < 1.29 is 9.53 Å². The monoisotopic (exact) mass is 453 g/mol. The van der Waals surface area contributed by atoms with Crippen molar-refractivity contribution in [1.82, 2.24) is 4.90 Å². The molecule has 0 aliphatic carbocycles. The Morgan fingerprint density at radius 3 is 2.19 bits per heavy atom. The van der Waals surface area contributed by atoms with Crippen LogP contribution in [-0.2, 0) is 10.5 Å². The lowest BCUT2D eigenvalue weighted by Gasteiger charge is -2.43. The van der Waals surface area contributed by atoms with Gasteiger partial charge in [0.25, 0.3) is 5.91 Å². The number of hydrogen-bond donors (Lipinski definition) is 0. The van der Waals surface area contributed by atoms with Gasteiger partial charge in [0.2, 0.25) is 0 Å². The van der Waals surface area contributed by atoms with Crippen LogP contribution in [0.5, 0.6) is 0 Å². The van der Waals surface area contributed by atoms with E-state index in [9.17, 15) is 4.79 Å². The van der Waals surface area contributed by atoms with E-state index in [2.05, 4.69) is 6.92 Å². The number of rotatable bonds is 7. The Bertz CT molecular complexity index is 1070. The molecular weight excluding hydrogens is 429 g/mol. The van der Waals surface area contributed by atoms with Gasteiger partial charge in [-0.2, -0.15) is 0 Å². The van der Waals surface area contributed by atoms with E-state index < -0.39 is 5.72 Å². The molecule has 1 aliphatic rings. The summed E-state index contributed by atoms with van der Waals surface area (Å²) in [5.74, 6) is -0.0514. The molecule has 3 nitrogen and oxygen atoms in total. The van der Waals surface area contributed by atoms with Gasteiger partial charge < -0.3 is 4.74 Å². The number of halogens is 2. The predicted molar refractivity (Wildman–Crippen MR) is 126 cm³/mol. The summed E-state index contributed by atoms with van der Waals surface area (Å²) in [6, 6.07) is 22.7. The highest BCUT2D eigenvalue weighted by molar-refractivity contribution is 6.30. The number of fused-ring (bicyclic) bond motifs is 1. The minimum absolute atomic E-state index is 0.0514. The Hall–Kier alpha value is -2.33. The Balaban J connectivity index is 1.92. The van der Waals surface area contributed by atoms with Crippen molar-refractivity contribution in [3.8, 4) is 0 Å². The molecule has 0 fully saturated rings. The second-order valence-electron chi connectivity index (χ2n) is 7.80. The number of amides is 1. The zero-order valence-corrected chi connectivity index (χ0v) is 19.2. The highest BCUT2D eigenvalue weighted by atomic mass is 35.5. The van der Waals surface area contributed by atoms with E-state index in [4.69, 9.17) is 27.9 Å². The molecule has 0 spiro atoms. The van der Waals surface area contributed by atoms with Gasteiger partial charge in [0.15, 0.2) is 5.72 Å². The summed E-state index contributed by atoms with van der Waals surface area (Å²) in [7, 11) is 0. The molecule has 160 valence electrons. The van der Waals surface area contributed by atoms with Crippen LogP contribution in [0.2, 0.25) is 10.0 Å². The van der Waals surface area contributed by atoms with Crippen LogP contribution in [-0.4, -0.2) is 17.4 Å². The topological polar surface area (TPSA) is 29.5 Å². The second kappa shape index (κ2) is 9.04. The first-order chi connectivity index (χ1) is 15.0. The van der Waals surface area contributed by atoms with Gasteiger partial charge in [-0.15, -0.1) is 0 Å². The number of carbonyl (C=O) groups is 1. The molecule has 0 radical (unpaired) electrons. The molecular formula is C26H25Cl2NO2. The van der Waals surface area contributed by atoms with Crippen molar-refractivity contribution in [1.29, 1.82) is 0 Å².